The number of rotatable bonds is 5. The minimum Gasteiger partial charge on any atom is -0.495 e. The molecule has 0 fully saturated rings. The number of ether oxygens (including phenoxy) is 2. The van der Waals surface area contributed by atoms with Crippen molar-refractivity contribution in [3.63, 3.8) is 0 Å². The number of aryl methyl sites for hydroxylation is 1. The number of carbonyl (C=O) groups is 2. The lowest BCUT2D eigenvalue weighted by molar-refractivity contribution is -0.123. The van der Waals surface area contributed by atoms with Gasteiger partial charge in [-0.15, -0.1) is 0 Å². The molecule has 5 heteroatoms. The second-order valence-corrected chi connectivity index (χ2v) is 5.11. The first kappa shape index (κ1) is 16.5. The maximum absolute atomic E-state index is 12.2. The van der Waals surface area contributed by atoms with E-state index in [9.17, 15) is 9.59 Å². The second kappa shape index (κ2) is 7.45. The van der Waals surface area contributed by atoms with Crippen LogP contribution in [0.3, 0.4) is 0 Å². The summed E-state index contributed by atoms with van der Waals surface area (Å²) in [5.74, 6) is -0.409. The monoisotopic (exact) mass is 313 g/mol. The zero-order valence-electron chi connectivity index (χ0n) is 13.3. The highest BCUT2D eigenvalue weighted by atomic mass is 16.5. The van der Waals surface area contributed by atoms with Crippen molar-refractivity contribution in [2.45, 2.75) is 20.0 Å². The van der Waals surface area contributed by atoms with Gasteiger partial charge in [-0.05, 0) is 43.7 Å². The standard InChI is InChI=1S/C18H19NO4/c1-12-9-10-16(22-3)15(11-12)19-17(20)13(2)23-18(21)14-7-5-4-6-8-14/h4-11,13H,1-3H3,(H,19,20). The van der Waals surface area contributed by atoms with E-state index < -0.39 is 18.0 Å². The van der Waals surface area contributed by atoms with E-state index in [1.54, 1.807) is 42.5 Å². The third kappa shape index (κ3) is 4.32. The smallest absolute Gasteiger partial charge is 0.338 e. The SMILES string of the molecule is COc1ccc(C)cc1NC(=O)C(C)OC(=O)c1ccccc1. The zero-order chi connectivity index (χ0) is 16.8. The molecule has 0 radical (unpaired) electrons. The predicted molar refractivity (Wildman–Crippen MR) is 87.7 cm³/mol. The van der Waals surface area contributed by atoms with Crippen molar-refractivity contribution in [1.82, 2.24) is 0 Å². The van der Waals surface area contributed by atoms with Crippen LogP contribution in [0.25, 0.3) is 0 Å². The molecule has 0 spiro atoms. The Morgan fingerprint density at radius 2 is 1.78 bits per heavy atom. The van der Waals surface area contributed by atoms with Crippen LogP contribution in [0.15, 0.2) is 48.5 Å². The van der Waals surface area contributed by atoms with Gasteiger partial charge in [0.1, 0.15) is 5.75 Å². The van der Waals surface area contributed by atoms with Crippen LogP contribution in [-0.4, -0.2) is 25.1 Å². The minimum atomic E-state index is -0.923. The first-order chi connectivity index (χ1) is 11.0. The molecular formula is C18H19NO4. The Morgan fingerprint density at radius 1 is 1.09 bits per heavy atom. The molecule has 1 N–H and O–H groups in total. The van der Waals surface area contributed by atoms with Gasteiger partial charge in [0.25, 0.3) is 5.91 Å². The van der Waals surface area contributed by atoms with Crippen LogP contribution in [0, 0.1) is 6.92 Å². The highest BCUT2D eigenvalue weighted by molar-refractivity contribution is 5.98. The third-order valence-corrected chi connectivity index (χ3v) is 3.28. The van der Waals surface area contributed by atoms with Crippen LogP contribution >= 0.6 is 0 Å². The van der Waals surface area contributed by atoms with E-state index in [4.69, 9.17) is 9.47 Å². The number of carbonyl (C=O) groups excluding carboxylic acids is 2. The Balaban J connectivity index is 2.03. The minimum absolute atomic E-state index is 0.403. The second-order valence-electron chi connectivity index (χ2n) is 5.11. The summed E-state index contributed by atoms with van der Waals surface area (Å²) in [5.41, 5.74) is 1.93. The van der Waals surface area contributed by atoms with E-state index >= 15 is 0 Å². The predicted octanol–water partition coefficient (Wildman–Crippen LogP) is 3.19. The van der Waals surface area contributed by atoms with Gasteiger partial charge < -0.3 is 14.8 Å². The maximum Gasteiger partial charge on any atom is 0.338 e. The summed E-state index contributed by atoms with van der Waals surface area (Å²) in [7, 11) is 1.53. The molecule has 0 aliphatic rings. The molecular weight excluding hydrogens is 294 g/mol. The van der Waals surface area contributed by atoms with Gasteiger partial charge in [-0.3, -0.25) is 4.79 Å². The average molecular weight is 313 g/mol. The van der Waals surface area contributed by atoms with Gasteiger partial charge in [0.05, 0.1) is 18.4 Å². The third-order valence-electron chi connectivity index (χ3n) is 3.28. The van der Waals surface area contributed by atoms with Crippen molar-refractivity contribution in [2.24, 2.45) is 0 Å². The Morgan fingerprint density at radius 3 is 2.43 bits per heavy atom. The molecule has 1 atom stereocenters. The van der Waals surface area contributed by atoms with Crippen LogP contribution in [0.4, 0.5) is 5.69 Å². The maximum atomic E-state index is 12.2. The summed E-state index contributed by atoms with van der Waals surface area (Å²) in [6.45, 7) is 3.44. The fourth-order valence-electron chi connectivity index (χ4n) is 2.01. The van der Waals surface area contributed by atoms with E-state index in [-0.39, 0.29) is 0 Å². The molecule has 0 bridgehead atoms. The van der Waals surface area contributed by atoms with Gasteiger partial charge in [-0.2, -0.15) is 0 Å². The summed E-state index contributed by atoms with van der Waals surface area (Å²) in [6, 6.07) is 14.0. The van der Waals surface area contributed by atoms with Gasteiger partial charge >= 0.3 is 5.97 Å². The highest BCUT2D eigenvalue weighted by Crippen LogP contribution is 2.25. The molecule has 120 valence electrons. The first-order valence-electron chi connectivity index (χ1n) is 7.23. The van der Waals surface area contributed by atoms with Crippen molar-refractivity contribution in [3.05, 3.63) is 59.7 Å². The van der Waals surface area contributed by atoms with Crippen LogP contribution in [0.2, 0.25) is 0 Å². The molecule has 2 rings (SSSR count). The number of hydrogen-bond donors (Lipinski definition) is 1. The Labute approximate surface area is 135 Å². The molecule has 0 saturated heterocycles. The summed E-state index contributed by atoms with van der Waals surface area (Å²) < 4.78 is 10.4. The van der Waals surface area contributed by atoms with E-state index in [0.717, 1.165) is 5.56 Å². The Hall–Kier alpha value is -2.82. The Bertz CT molecular complexity index is 697. The Kier molecular flexibility index (Phi) is 5.36. The molecule has 0 aliphatic carbocycles. The number of amides is 1. The fraction of sp³-hybridized carbons (Fsp3) is 0.222. The van der Waals surface area contributed by atoms with Gasteiger partial charge in [0.15, 0.2) is 6.10 Å². The molecule has 23 heavy (non-hydrogen) atoms. The molecule has 0 saturated carbocycles. The molecule has 1 unspecified atom stereocenters. The largest absolute Gasteiger partial charge is 0.495 e. The summed E-state index contributed by atoms with van der Waals surface area (Å²) in [5, 5.41) is 2.72. The highest BCUT2D eigenvalue weighted by Gasteiger charge is 2.20. The van der Waals surface area contributed by atoms with Gasteiger partial charge in [0, 0.05) is 0 Å². The lowest BCUT2D eigenvalue weighted by atomic mass is 10.2. The summed E-state index contributed by atoms with van der Waals surface area (Å²) in [6.07, 6.45) is -0.923. The summed E-state index contributed by atoms with van der Waals surface area (Å²) in [4.78, 5) is 24.2. The lowest BCUT2D eigenvalue weighted by Crippen LogP contribution is -2.30. The number of anilines is 1. The first-order valence-corrected chi connectivity index (χ1v) is 7.23. The lowest BCUT2D eigenvalue weighted by Gasteiger charge is -2.15. The van der Waals surface area contributed by atoms with Crippen molar-refractivity contribution in [3.8, 4) is 5.75 Å². The molecule has 0 heterocycles. The van der Waals surface area contributed by atoms with Gasteiger partial charge in [-0.1, -0.05) is 24.3 Å². The van der Waals surface area contributed by atoms with E-state index in [1.165, 1.54) is 14.0 Å². The number of nitrogens with one attached hydrogen (secondary N) is 1. The molecule has 2 aromatic carbocycles. The van der Waals surface area contributed by atoms with Crippen molar-refractivity contribution < 1.29 is 19.1 Å². The fourth-order valence-corrected chi connectivity index (χ4v) is 2.01. The molecule has 2 aromatic rings. The van der Waals surface area contributed by atoms with E-state index in [1.807, 2.05) is 13.0 Å². The van der Waals surface area contributed by atoms with Gasteiger partial charge in [0.2, 0.25) is 0 Å². The van der Waals surface area contributed by atoms with Crippen molar-refractivity contribution in [2.75, 3.05) is 12.4 Å². The molecule has 5 nitrogen and oxygen atoms in total. The zero-order valence-corrected chi connectivity index (χ0v) is 13.3. The van der Waals surface area contributed by atoms with Gasteiger partial charge in [-0.25, -0.2) is 4.79 Å². The van der Waals surface area contributed by atoms with Crippen LogP contribution < -0.4 is 10.1 Å². The van der Waals surface area contributed by atoms with Crippen molar-refractivity contribution in [1.29, 1.82) is 0 Å². The molecule has 1 amide bonds. The number of benzene rings is 2. The number of hydrogen-bond acceptors (Lipinski definition) is 4. The van der Waals surface area contributed by atoms with Crippen molar-refractivity contribution >= 4 is 17.6 Å². The molecule has 0 aliphatic heterocycles. The van der Waals surface area contributed by atoms with Crippen LogP contribution in [-0.2, 0) is 9.53 Å². The number of methoxy groups -OCH3 is 1. The molecule has 0 aromatic heterocycles. The van der Waals surface area contributed by atoms with E-state index in [0.29, 0.717) is 17.0 Å². The number of esters is 1. The average Bonchev–Trinajstić information content (AvgIpc) is 2.55. The topological polar surface area (TPSA) is 64.6 Å². The van der Waals surface area contributed by atoms with E-state index in [2.05, 4.69) is 5.32 Å². The quantitative estimate of drug-likeness (QED) is 0.861. The normalized spacial score (nSPS) is 11.4. The van der Waals surface area contributed by atoms with Crippen LogP contribution in [0.5, 0.6) is 5.75 Å². The summed E-state index contributed by atoms with van der Waals surface area (Å²) >= 11 is 0. The van der Waals surface area contributed by atoms with Crippen LogP contribution in [0.1, 0.15) is 22.8 Å².